The van der Waals surface area contributed by atoms with Crippen molar-refractivity contribution in [1.29, 1.82) is 0 Å². The largest absolute Gasteiger partial charge is 0.352 e. The molecule has 0 aliphatic rings. The Hall–Kier alpha value is -2.95. The first-order chi connectivity index (χ1) is 12.1. The van der Waals surface area contributed by atoms with Crippen LogP contribution in [0.3, 0.4) is 0 Å². The summed E-state index contributed by atoms with van der Waals surface area (Å²) in [5, 5.41) is 6.94. The molecule has 1 aromatic heterocycles. The van der Waals surface area contributed by atoms with Crippen molar-refractivity contribution in [2.45, 2.75) is 20.3 Å². The smallest absolute Gasteiger partial charge is 0.258 e. The molecule has 0 radical (unpaired) electrons. The van der Waals surface area contributed by atoms with Crippen LogP contribution in [0.4, 0.5) is 0 Å². The molecule has 128 valence electrons. The molecule has 0 spiro atoms. The van der Waals surface area contributed by atoms with Gasteiger partial charge in [-0.15, -0.1) is 0 Å². The number of hydrogen-bond donors (Lipinski definition) is 1. The van der Waals surface area contributed by atoms with Crippen LogP contribution in [0.5, 0.6) is 0 Å². The molecule has 0 aliphatic carbocycles. The van der Waals surface area contributed by atoms with Gasteiger partial charge >= 0.3 is 0 Å². The molecule has 0 bridgehead atoms. The Bertz CT molecular complexity index is 824. The average Bonchev–Trinajstić information content (AvgIpc) is 3.12. The fourth-order valence-electron chi connectivity index (χ4n) is 2.39. The lowest BCUT2D eigenvalue weighted by Crippen LogP contribution is -2.25. The molecule has 0 saturated heterocycles. The molecule has 25 heavy (non-hydrogen) atoms. The Kier molecular flexibility index (Phi) is 5.23. The maximum Gasteiger partial charge on any atom is 0.258 e. The Labute approximate surface area is 147 Å². The molecule has 3 aromatic rings. The van der Waals surface area contributed by atoms with Crippen LogP contribution in [0.25, 0.3) is 22.8 Å². The number of carbonyl (C=O) groups excluding carboxylic acids is 1. The Morgan fingerprint density at radius 1 is 1.04 bits per heavy atom. The quantitative estimate of drug-likeness (QED) is 0.734. The van der Waals surface area contributed by atoms with Gasteiger partial charge in [-0.2, -0.15) is 4.98 Å². The third-order valence-corrected chi connectivity index (χ3v) is 3.86. The summed E-state index contributed by atoms with van der Waals surface area (Å²) in [5.41, 5.74) is 2.31. The SMILES string of the molecule is CC(C)CCNC(=O)c1ccc(-c2nc(-c3ccccc3)no2)cc1. The molecular formula is C20H21N3O2. The van der Waals surface area contributed by atoms with Crippen LogP contribution >= 0.6 is 0 Å². The number of hydrogen-bond acceptors (Lipinski definition) is 4. The van der Waals surface area contributed by atoms with Crippen LogP contribution in [-0.2, 0) is 0 Å². The van der Waals surface area contributed by atoms with Crippen molar-refractivity contribution in [2.24, 2.45) is 5.92 Å². The first kappa shape index (κ1) is 16.9. The van der Waals surface area contributed by atoms with Gasteiger partial charge in [0, 0.05) is 23.2 Å². The van der Waals surface area contributed by atoms with E-state index < -0.39 is 0 Å². The first-order valence-electron chi connectivity index (χ1n) is 8.41. The fourth-order valence-corrected chi connectivity index (χ4v) is 2.39. The van der Waals surface area contributed by atoms with Gasteiger partial charge < -0.3 is 9.84 Å². The highest BCUT2D eigenvalue weighted by molar-refractivity contribution is 5.94. The number of nitrogens with zero attached hydrogens (tertiary/aromatic N) is 2. The van der Waals surface area contributed by atoms with Crippen LogP contribution in [0.1, 0.15) is 30.6 Å². The topological polar surface area (TPSA) is 68.0 Å². The second-order valence-electron chi connectivity index (χ2n) is 6.30. The molecule has 1 heterocycles. The van der Waals surface area contributed by atoms with E-state index in [1.807, 2.05) is 42.5 Å². The maximum absolute atomic E-state index is 12.1. The zero-order valence-corrected chi connectivity index (χ0v) is 14.4. The lowest BCUT2D eigenvalue weighted by atomic mass is 10.1. The third-order valence-electron chi connectivity index (χ3n) is 3.86. The van der Waals surface area contributed by atoms with E-state index >= 15 is 0 Å². The summed E-state index contributed by atoms with van der Waals surface area (Å²) in [6.07, 6.45) is 0.966. The second-order valence-corrected chi connectivity index (χ2v) is 6.30. The van der Waals surface area contributed by atoms with Gasteiger partial charge in [0.2, 0.25) is 5.82 Å². The Morgan fingerprint density at radius 2 is 1.76 bits per heavy atom. The van der Waals surface area contributed by atoms with Crippen molar-refractivity contribution in [3.8, 4) is 22.8 Å². The molecule has 5 heteroatoms. The summed E-state index contributed by atoms with van der Waals surface area (Å²) in [5.74, 6) is 1.48. The molecule has 0 atom stereocenters. The lowest BCUT2D eigenvalue weighted by molar-refractivity contribution is 0.0952. The first-order valence-corrected chi connectivity index (χ1v) is 8.41. The number of aromatic nitrogens is 2. The number of nitrogens with one attached hydrogen (secondary N) is 1. The van der Waals surface area contributed by atoms with Crippen molar-refractivity contribution in [2.75, 3.05) is 6.54 Å². The third kappa shape index (κ3) is 4.32. The zero-order valence-electron chi connectivity index (χ0n) is 14.4. The van der Waals surface area contributed by atoms with Gasteiger partial charge in [-0.3, -0.25) is 4.79 Å². The van der Waals surface area contributed by atoms with Gasteiger partial charge in [0.25, 0.3) is 11.8 Å². The minimum atomic E-state index is -0.0669. The molecule has 2 aromatic carbocycles. The number of rotatable bonds is 6. The summed E-state index contributed by atoms with van der Waals surface area (Å²) in [6.45, 7) is 4.95. The summed E-state index contributed by atoms with van der Waals surface area (Å²) in [4.78, 5) is 16.5. The Morgan fingerprint density at radius 3 is 2.44 bits per heavy atom. The van der Waals surface area contributed by atoms with Gasteiger partial charge in [-0.25, -0.2) is 0 Å². The van der Waals surface area contributed by atoms with Gasteiger partial charge in [-0.05, 0) is 36.6 Å². The molecule has 1 N–H and O–H groups in total. The van der Waals surface area contributed by atoms with E-state index in [9.17, 15) is 4.79 Å². The molecule has 5 nitrogen and oxygen atoms in total. The predicted octanol–water partition coefficient (Wildman–Crippen LogP) is 4.18. The van der Waals surface area contributed by atoms with Gasteiger partial charge in [0.05, 0.1) is 0 Å². The summed E-state index contributed by atoms with van der Waals surface area (Å²) < 4.78 is 5.34. The predicted molar refractivity (Wildman–Crippen MR) is 97.0 cm³/mol. The molecule has 3 rings (SSSR count). The molecule has 0 aliphatic heterocycles. The van der Waals surface area contributed by atoms with Crippen molar-refractivity contribution >= 4 is 5.91 Å². The van der Waals surface area contributed by atoms with E-state index in [0.717, 1.165) is 17.5 Å². The van der Waals surface area contributed by atoms with Crippen LogP contribution in [0.15, 0.2) is 59.1 Å². The molecule has 0 saturated carbocycles. The van der Waals surface area contributed by atoms with Crippen molar-refractivity contribution in [1.82, 2.24) is 15.5 Å². The van der Waals surface area contributed by atoms with E-state index in [2.05, 4.69) is 29.3 Å². The van der Waals surface area contributed by atoms with Crippen molar-refractivity contribution in [3.63, 3.8) is 0 Å². The van der Waals surface area contributed by atoms with Crippen molar-refractivity contribution in [3.05, 3.63) is 60.2 Å². The van der Waals surface area contributed by atoms with Gasteiger partial charge in [-0.1, -0.05) is 49.3 Å². The monoisotopic (exact) mass is 335 g/mol. The number of carbonyl (C=O) groups is 1. The van der Waals surface area contributed by atoms with E-state index in [1.165, 1.54) is 0 Å². The molecule has 0 unspecified atom stereocenters. The van der Waals surface area contributed by atoms with E-state index in [0.29, 0.717) is 29.7 Å². The van der Waals surface area contributed by atoms with Crippen molar-refractivity contribution < 1.29 is 9.32 Å². The summed E-state index contributed by atoms with van der Waals surface area (Å²) in [6, 6.07) is 16.8. The number of benzene rings is 2. The van der Waals surface area contributed by atoms with Crippen LogP contribution in [-0.4, -0.2) is 22.6 Å². The highest BCUT2D eigenvalue weighted by Crippen LogP contribution is 2.22. The summed E-state index contributed by atoms with van der Waals surface area (Å²) >= 11 is 0. The average molecular weight is 335 g/mol. The minimum Gasteiger partial charge on any atom is -0.352 e. The standard InChI is InChI=1S/C20H21N3O2/c1-14(2)12-13-21-19(24)16-8-10-17(11-9-16)20-22-18(23-25-20)15-6-4-3-5-7-15/h3-11,14H,12-13H2,1-2H3,(H,21,24). The van der Waals surface area contributed by atoms with E-state index in [1.54, 1.807) is 12.1 Å². The molecule has 1 amide bonds. The normalized spacial score (nSPS) is 10.8. The van der Waals surface area contributed by atoms with Crippen LogP contribution in [0, 0.1) is 5.92 Å². The lowest BCUT2D eigenvalue weighted by Gasteiger charge is -2.07. The molecule has 0 fully saturated rings. The van der Waals surface area contributed by atoms with Gasteiger partial charge in [0.15, 0.2) is 0 Å². The molecular weight excluding hydrogens is 314 g/mol. The van der Waals surface area contributed by atoms with E-state index in [-0.39, 0.29) is 5.91 Å². The highest BCUT2D eigenvalue weighted by atomic mass is 16.5. The van der Waals surface area contributed by atoms with Crippen LogP contribution in [0.2, 0.25) is 0 Å². The Balaban J connectivity index is 1.68. The highest BCUT2D eigenvalue weighted by Gasteiger charge is 2.11. The van der Waals surface area contributed by atoms with E-state index in [4.69, 9.17) is 4.52 Å². The maximum atomic E-state index is 12.1. The zero-order chi connectivity index (χ0) is 17.6. The minimum absolute atomic E-state index is 0.0669. The van der Waals surface area contributed by atoms with Gasteiger partial charge in [0.1, 0.15) is 0 Å². The fraction of sp³-hybridized carbons (Fsp3) is 0.250. The summed E-state index contributed by atoms with van der Waals surface area (Å²) in [7, 11) is 0. The second kappa shape index (κ2) is 7.75. The van der Waals surface area contributed by atoms with Crippen LogP contribution < -0.4 is 5.32 Å². The number of amides is 1.